The van der Waals surface area contributed by atoms with E-state index in [0.29, 0.717) is 12.0 Å². The minimum absolute atomic E-state index is 0.248. The molecular weight excluding hydrogens is 366 g/mol. The van der Waals surface area contributed by atoms with Gasteiger partial charge < -0.3 is 9.80 Å². The summed E-state index contributed by atoms with van der Waals surface area (Å²) in [6.07, 6.45) is 1.55. The third-order valence-electron chi connectivity index (χ3n) is 5.27. The summed E-state index contributed by atoms with van der Waals surface area (Å²) >= 11 is 1.76. The van der Waals surface area contributed by atoms with E-state index in [9.17, 15) is 4.79 Å². The third-order valence-corrected chi connectivity index (χ3v) is 6.27. The summed E-state index contributed by atoms with van der Waals surface area (Å²) in [6.45, 7) is 7.59. The normalized spacial score (nSPS) is 14.5. The van der Waals surface area contributed by atoms with Gasteiger partial charge in [-0.25, -0.2) is 0 Å². The summed E-state index contributed by atoms with van der Waals surface area (Å²) in [5.41, 5.74) is 4.40. The zero-order chi connectivity index (χ0) is 19.9. The Kier molecular flexibility index (Phi) is 7.00. The Balaban J connectivity index is 1.48. The van der Waals surface area contributed by atoms with Gasteiger partial charge in [-0.2, -0.15) is 5.26 Å². The Bertz CT molecular complexity index is 857. The molecule has 3 rings (SSSR count). The zero-order valence-corrected chi connectivity index (χ0v) is 17.5. The monoisotopic (exact) mass is 393 g/mol. The molecule has 5 heteroatoms. The van der Waals surface area contributed by atoms with Crippen LogP contribution in [-0.4, -0.2) is 42.7 Å². The molecule has 0 saturated carbocycles. The van der Waals surface area contributed by atoms with E-state index in [1.54, 1.807) is 11.8 Å². The van der Waals surface area contributed by atoms with Crippen LogP contribution in [0.5, 0.6) is 0 Å². The van der Waals surface area contributed by atoms with Crippen molar-refractivity contribution in [1.82, 2.24) is 4.90 Å². The lowest BCUT2D eigenvalue weighted by Gasteiger charge is -2.23. The fourth-order valence-corrected chi connectivity index (χ4v) is 4.33. The van der Waals surface area contributed by atoms with Crippen LogP contribution in [0.25, 0.3) is 0 Å². The predicted octanol–water partition coefficient (Wildman–Crippen LogP) is 4.40. The fraction of sp³-hybridized carbons (Fsp3) is 0.391. The maximum Gasteiger partial charge on any atom is 0.223 e. The van der Waals surface area contributed by atoms with Crippen molar-refractivity contribution in [2.24, 2.45) is 0 Å². The highest BCUT2D eigenvalue weighted by Gasteiger charge is 2.19. The Hall–Kier alpha value is -2.45. The van der Waals surface area contributed by atoms with Crippen LogP contribution < -0.4 is 4.90 Å². The molecule has 1 aliphatic heterocycles. The first-order valence-corrected chi connectivity index (χ1v) is 10.8. The Morgan fingerprint density at radius 1 is 1.04 bits per heavy atom. The molecule has 1 amide bonds. The van der Waals surface area contributed by atoms with Crippen molar-refractivity contribution in [2.45, 2.75) is 31.6 Å². The molecule has 0 bridgehead atoms. The lowest BCUT2D eigenvalue weighted by Crippen LogP contribution is -2.35. The van der Waals surface area contributed by atoms with Gasteiger partial charge in [0.15, 0.2) is 0 Å². The van der Waals surface area contributed by atoms with Crippen LogP contribution >= 0.6 is 11.8 Å². The molecule has 1 aliphatic rings. The summed E-state index contributed by atoms with van der Waals surface area (Å²) in [5, 5.41) is 8.94. The van der Waals surface area contributed by atoms with E-state index < -0.39 is 0 Å². The standard InChI is InChI=1S/C23H27N3OS/c1-18-4-9-22(16-19(18)2)28-15-10-23(27)26-12-3-11-25(13-14-26)21-7-5-20(17-24)6-8-21/h4-9,16H,3,10-15H2,1-2H3. The minimum atomic E-state index is 0.248. The van der Waals surface area contributed by atoms with Crippen molar-refractivity contribution in [1.29, 1.82) is 5.26 Å². The number of rotatable bonds is 5. The van der Waals surface area contributed by atoms with Gasteiger partial charge in [-0.1, -0.05) is 6.07 Å². The highest BCUT2D eigenvalue weighted by atomic mass is 32.2. The number of carbonyl (C=O) groups is 1. The van der Waals surface area contributed by atoms with Gasteiger partial charge >= 0.3 is 0 Å². The summed E-state index contributed by atoms with van der Waals surface area (Å²) in [6, 6.07) is 16.3. The molecule has 4 nitrogen and oxygen atoms in total. The molecule has 0 atom stereocenters. The highest BCUT2D eigenvalue weighted by Crippen LogP contribution is 2.22. The van der Waals surface area contributed by atoms with Crippen LogP contribution in [0.2, 0.25) is 0 Å². The Labute approximate surface area is 172 Å². The molecule has 2 aromatic rings. The van der Waals surface area contributed by atoms with Crippen molar-refractivity contribution in [2.75, 3.05) is 36.8 Å². The van der Waals surface area contributed by atoms with Crippen LogP contribution in [0.3, 0.4) is 0 Å². The molecular formula is C23H27N3OS. The van der Waals surface area contributed by atoms with Crippen molar-refractivity contribution in [3.63, 3.8) is 0 Å². The second kappa shape index (κ2) is 9.66. The van der Waals surface area contributed by atoms with E-state index >= 15 is 0 Å². The molecule has 1 fully saturated rings. The fourth-order valence-electron chi connectivity index (χ4n) is 3.39. The van der Waals surface area contributed by atoms with Gasteiger partial charge in [0.25, 0.3) is 0 Å². The average molecular weight is 394 g/mol. The smallest absolute Gasteiger partial charge is 0.223 e. The van der Waals surface area contributed by atoms with E-state index in [4.69, 9.17) is 5.26 Å². The highest BCUT2D eigenvalue weighted by molar-refractivity contribution is 7.99. The van der Waals surface area contributed by atoms with Gasteiger partial charge in [-0.05, 0) is 67.8 Å². The number of carbonyl (C=O) groups excluding carboxylic acids is 1. The molecule has 146 valence electrons. The third kappa shape index (κ3) is 5.30. The first kappa shape index (κ1) is 20.3. The molecule has 0 N–H and O–H groups in total. The van der Waals surface area contributed by atoms with Crippen LogP contribution in [0.15, 0.2) is 47.4 Å². The molecule has 1 heterocycles. The van der Waals surface area contributed by atoms with Crippen LogP contribution in [0.1, 0.15) is 29.5 Å². The van der Waals surface area contributed by atoms with E-state index in [-0.39, 0.29) is 5.91 Å². The largest absolute Gasteiger partial charge is 0.370 e. The summed E-state index contributed by atoms with van der Waals surface area (Å²) in [7, 11) is 0. The van der Waals surface area contributed by atoms with Crippen molar-refractivity contribution >= 4 is 23.4 Å². The van der Waals surface area contributed by atoms with Crippen molar-refractivity contribution in [3.8, 4) is 6.07 Å². The molecule has 0 unspecified atom stereocenters. The quantitative estimate of drug-likeness (QED) is 0.707. The number of thioether (sulfide) groups is 1. The molecule has 0 spiro atoms. The summed E-state index contributed by atoms with van der Waals surface area (Å²) in [4.78, 5) is 18.2. The van der Waals surface area contributed by atoms with Crippen molar-refractivity contribution < 1.29 is 4.79 Å². The van der Waals surface area contributed by atoms with E-state index in [1.807, 2.05) is 29.2 Å². The SMILES string of the molecule is Cc1ccc(SCCC(=O)N2CCCN(c3ccc(C#N)cc3)CC2)cc1C. The van der Waals surface area contributed by atoms with Crippen molar-refractivity contribution in [3.05, 3.63) is 59.2 Å². The topological polar surface area (TPSA) is 47.3 Å². The summed E-state index contributed by atoms with van der Waals surface area (Å²) < 4.78 is 0. The number of anilines is 1. The number of amides is 1. The second-order valence-electron chi connectivity index (χ2n) is 7.22. The Morgan fingerprint density at radius 2 is 1.82 bits per heavy atom. The first-order chi connectivity index (χ1) is 13.6. The second-order valence-corrected chi connectivity index (χ2v) is 8.39. The van der Waals surface area contributed by atoms with Gasteiger partial charge in [0.1, 0.15) is 0 Å². The number of nitriles is 1. The number of nitrogens with zero attached hydrogens (tertiary/aromatic N) is 3. The molecule has 0 aromatic heterocycles. The molecule has 28 heavy (non-hydrogen) atoms. The van der Waals surface area contributed by atoms with Crippen LogP contribution in [-0.2, 0) is 4.79 Å². The molecule has 0 aliphatic carbocycles. The zero-order valence-electron chi connectivity index (χ0n) is 16.6. The lowest BCUT2D eigenvalue weighted by molar-refractivity contribution is -0.130. The predicted molar refractivity (Wildman–Crippen MR) is 116 cm³/mol. The minimum Gasteiger partial charge on any atom is -0.370 e. The van der Waals surface area contributed by atoms with Gasteiger partial charge in [0.2, 0.25) is 5.91 Å². The summed E-state index contributed by atoms with van der Waals surface area (Å²) in [5.74, 6) is 1.06. The van der Waals surface area contributed by atoms with Gasteiger partial charge in [-0.3, -0.25) is 4.79 Å². The maximum atomic E-state index is 12.6. The van der Waals surface area contributed by atoms with Gasteiger partial charge in [0, 0.05) is 48.9 Å². The number of benzene rings is 2. The molecule has 0 radical (unpaired) electrons. The molecule has 1 saturated heterocycles. The average Bonchev–Trinajstić information content (AvgIpc) is 2.97. The first-order valence-electron chi connectivity index (χ1n) is 9.80. The van der Waals surface area contributed by atoms with Gasteiger partial charge in [-0.15, -0.1) is 11.8 Å². The van der Waals surface area contributed by atoms with E-state index in [1.165, 1.54) is 16.0 Å². The maximum absolute atomic E-state index is 12.6. The number of aryl methyl sites for hydroxylation is 2. The van der Waals surface area contributed by atoms with Gasteiger partial charge in [0.05, 0.1) is 11.6 Å². The molecule has 2 aromatic carbocycles. The number of hydrogen-bond donors (Lipinski definition) is 0. The van der Waals surface area contributed by atoms with Crippen LogP contribution in [0, 0.1) is 25.2 Å². The van der Waals surface area contributed by atoms with Crippen LogP contribution in [0.4, 0.5) is 5.69 Å². The number of hydrogen-bond acceptors (Lipinski definition) is 4. The Morgan fingerprint density at radius 3 is 2.54 bits per heavy atom. The lowest BCUT2D eigenvalue weighted by atomic mass is 10.1. The van der Waals surface area contributed by atoms with E-state index in [2.05, 4.69) is 43.0 Å². The van der Waals surface area contributed by atoms with E-state index in [0.717, 1.165) is 44.0 Å².